The Labute approximate surface area is 159 Å². The summed E-state index contributed by atoms with van der Waals surface area (Å²) in [5.74, 6) is 0.991. The highest BCUT2D eigenvalue weighted by molar-refractivity contribution is 5.95. The molecule has 0 saturated carbocycles. The summed E-state index contributed by atoms with van der Waals surface area (Å²) >= 11 is 0. The summed E-state index contributed by atoms with van der Waals surface area (Å²) < 4.78 is 10.5. The zero-order valence-electron chi connectivity index (χ0n) is 15.7. The van der Waals surface area contributed by atoms with E-state index >= 15 is 0 Å². The summed E-state index contributed by atoms with van der Waals surface area (Å²) in [6.07, 6.45) is 0. The van der Waals surface area contributed by atoms with Gasteiger partial charge in [-0.25, -0.2) is 0 Å². The molecule has 27 heavy (non-hydrogen) atoms. The Balaban J connectivity index is 1.73. The van der Waals surface area contributed by atoms with E-state index in [9.17, 15) is 4.79 Å². The molecular formula is C23H23NO3. The van der Waals surface area contributed by atoms with Crippen LogP contribution in [0.25, 0.3) is 11.1 Å². The second-order valence-electron chi connectivity index (χ2n) is 6.28. The molecule has 4 nitrogen and oxygen atoms in total. The lowest BCUT2D eigenvalue weighted by molar-refractivity contribution is 0.0939. The molecule has 0 saturated heterocycles. The van der Waals surface area contributed by atoms with Gasteiger partial charge in [-0.05, 0) is 35.7 Å². The van der Waals surface area contributed by atoms with Crippen LogP contribution in [-0.4, -0.2) is 20.1 Å². The summed E-state index contributed by atoms with van der Waals surface area (Å²) in [5.41, 5.74) is 3.86. The van der Waals surface area contributed by atoms with Gasteiger partial charge in [-0.3, -0.25) is 4.79 Å². The molecular weight excluding hydrogens is 338 g/mol. The van der Waals surface area contributed by atoms with Crippen molar-refractivity contribution < 1.29 is 14.3 Å². The molecule has 0 spiro atoms. The number of rotatable bonds is 6. The highest BCUT2D eigenvalue weighted by Crippen LogP contribution is 2.24. The number of nitrogens with one attached hydrogen (secondary N) is 1. The van der Waals surface area contributed by atoms with Crippen molar-refractivity contribution in [1.82, 2.24) is 5.32 Å². The van der Waals surface area contributed by atoms with E-state index in [-0.39, 0.29) is 11.9 Å². The van der Waals surface area contributed by atoms with Gasteiger partial charge < -0.3 is 14.8 Å². The number of hydrogen-bond acceptors (Lipinski definition) is 3. The first-order chi connectivity index (χ1) is 13.1. The molecule has 0 unspecified atom stereocenters. The summed E-state index contributed by atoms with van der Waals surface area (Å²) in [5, 5.41) is 3.02. The molecule has 138 valence electrons. The van der Waals surface area contributed by atoms with Crippen molar-refractivity contribution in [2.24, 2.45) is 0 Å². The molecule has 0 heterocycles. The second-order valence-corrected chi connectivity index (χ2v) is 6.28. The Hall–Kier alpha value is -3.27. The fourth-order valence-corrected chi connectivity index (χ4v) is 2.90. The first kappa shape index (κ1) is 18.5. The zero-order valence-corrected chi connectivity index (χ0v) is 15.7. The predicted molar refractivity (Wildman–Crippen MR) is 107 cm³/mol. The van der Waals surface area contributed by atoms with E-state index in [0.717, 1.165) is 11.1 Å². The van der Waals surface area contributed by atoms with E-state index in [4.69, 9.17) is 9.47 Å². The number of ether oxygens (including phenoxy) is 2. The molecule has 0 radical (unpaired) electrons. The van der Waals surface area contributed by atoms with Crippen molar-refractivity contribution in [3.8, 4) is 22.6 Å². The molecule has 0 aliphatic carbocycles. The topological polar surface area (TPSA) is 47.6 Å². The van der Waals surface area contributed by atoms with Gasteiger partial charge in [-0.2, -0.15) is 0 Å². The van der Waals surface area contributed by atoms with Crippen molar-refractivity contribution in [1.29, 1.82) is 0 Å². The largest absolute Gasteiger partial charge is 0.497 e. The van der Waals surface area contributed by atoms with Crippen LogP contribution in [0.5, 0.6) is 11.5 Å². The molecule has 1 atom stereocenters. The Morgan fingerprint density at radius 2 is 1.37 bits per heavy atom. The lowest BCUT2D eigenvalue weighted by Crippen LogP contribution is -2.26. The SMILES string of the molecule is COc1cc(OC)cc(C(=O)N[C@H](C)c2ccc(-c3ccccc3)cc2)c1. The standard InChI is InChI=1S/C23H23NO3/c1-16(17-9-11-19(12-10-17)18-7-5-4-6-8-18)24-23(25)20-13-21(26-2)15-22(14-20)27-3/h4-16H,1-3H3,(H,24,25)/t16-/m1/s1. The Kier molecular flexibility index (Phi) is 5.77. The maximum atomic E-state index is 12.6. The minimum atomic E-state index is -0.174. The fourth-order valence-electron chi connectivity index (χ4n) is 2.90. The molecule has 0 aromatic heterocycles. The van der Waals surface area contributed by atoms with Crippen molar-refractivity contribution >= 4 is 5.91 Å². The van der Waals surface area contributed by atoms with Crippen LogP contribution in [0, 0.1) is 0 Å². The lowest BCUT2D eigenvalue weighted by atomic mass is 10.0. The average molecular weight is 361 g/mol. The summed E-state index contributed by atoms with van der Waals surface area (Å²) in [6, 6.07) is 23.4. The van der Waals surface area contributed by atoms with Gasteiger partial charge in [0, 0.05) is 11.6 Å². The molecule has 1 N–H and O–H groups in total. The number of carbonyl (C=O) groups is 1. The van der Waals surface area contributed by atoms with E-state index < -0.39 is 0 Å². The van der Waals surface area contributed by atoms with E-state index in [2.05, 4.69) is 29.6 Å². The van der Waals surface area contributed by atoms with E-state index in [1.807, 2.05) is 37.3 Å². The minimum Gasteiger partial charge on any atom is -0.497 e. The fraction of sp³-hybridized carbons (Fsp3) is 0.174. The van der Waals surface area contributed by atoms with Crippen LogP contribution < -0.4 is 14.8 Å². The molecule has 0 aliphatic rings. The molecule has 3 aromatic rings. The second kappa shape index (κ2) is 8.41. The lowest BCUT2D eigenvalue weighted by Gasteiger charge is -2.16. The summed E-state index contributed by atoms with van der Waals surface area (Å²) in [4.78, 5) is 12.6. The van der Waals surface area contributed by atoms with Gasteiger partial charge in [0.15, 0.2) is 0 Å². The van der Waals surface area contributed by atoms with Gasteiger partial charge >= 0.3 is 0 Å². The Bertz CT molecular complexity index is 882. The summed E-state index contributed by atoms with van der Waals surface area (Å²) in [7, 11) is 3.13. The van der Waals surface area contributed by atoms with E-state index in [1.165, 1.54) is 5.56 Å². The Morgan fingerprint density at radius 1 is 0.815 bits per heavy atom. The van der Waals surface area contributed by atoms with Crippen LogP contribution in [0.15, 0.2) is 72.8 Å². The van der Waals surface area contributed by atoms with E-state index in [0.29, 0.717) is 17.1 Å². The van der Waals surface area contributed by atoms with Gasteiger partial charge in [-0.1, -0.05) is 54.6 Å². The van der Waals surface area contributed by atoms with Gasteiger partial charge in [0.2, 0.25) is 0 Å². The van der Waals surface area contributed by atoms with Crippen LogP contribution in [0.3, 0.4) is 0 Å². The number of amides is 1. The molecule has 3 aromatic carbocycles. The summed E-state index contributed by atoms with van der Waals surface area (Å²) in [6.45, 7) is 1.97. The van der Waals surface area contributed by atoms with Crippen molar-refractivity contribution in [3.63, 3.8) is 0 Å². The van der Waals surface area contributed by atoms with Crippen molar-refractivity contribution in [2.75, 3.05) is 14.2 Å². The maximum Gasteiger partial charge on any atom is 0.252 e. The van der Waals surface area contributed by atoms with Gasteiger partial charge in [0.25, 0.3) is 5.91 Å². The van der Waals surface area contributed by atoms with Gasteiger partial charge in [0.1, 0.15) is 11.5 Å². The van der Waals surface area contributed by atoms with Crippen LogP contribution >= 0.6 is 0 Å². The third-order valence-corrected chi connectivity index (χ3v) is 4.48. The van der Waals surface area contributed by atoms with Crippen LogP contribution in [-0.2, 0) is 0 Å². The molecule has 3 rings (SSSR count). The molecule has 1 amide bonds. The highest BCUT2D eigenvalue weighted by Gasteiger charge is 2.14. The van der Waals surface area contributed by atoms with Crippen LogP contribution in [0.1, 0.15) is 28.9 Å². The number of methoxy groups -OCH3 is 2. The first-order valence-electron chi connectivity index (χ1n) is 8.80. The predicted octanol–water partition coefficient (Wildman–Crippen LogP) is 4.86. The molecule has 0 fully saturated rings. The third kappa shape index (κ3) is 4.47. The normalized spacial score (nSPS) is 11.5. The smallest absolute Gasteiger partial charge is 0.252 e. The number of carbonyl (C=O) groups excluding carboxylic acids is 1. The van der Waals surface area contributed by atoms with Crippen molar-refractivity contribution in [2.45, 2.75) is 13.0 Å². The van der Waals surface area contributed by atoms with E-state index in [1.54, 1.807) is 32.4 Å². The number of hydrogen-bond donors (Lipinski definition) is 1. The monoisotopic (exact) mass is 361 g/mol. The quantitative estimate of drug-likeness (QED) is 0.682. The Morgan fingerprint density at radius 3 is 1.93 bits per heavy atom. The van der Waals surface area contributed by atoms with Crippen LogP contribution in [0.2, 0.25) is 0 Å². The van der Waals surface area contributed by atoms with Gasteiger partial charge in [0.05, 0.1) is 20.3 Å². The molecule has 0 aliphatic heterocycles. The molecule has 0 bridgehead atoms. The first-order valence-corrected chi connectivity index (χ1v) is 8.80. The van der Waals surface area contributed by atoms with Gasteiger partial charge in [-0.15, -0.1) is 0 Å². The maximum absolute atomic E-state index is 12.6. The van der Waals surface area contributed by atoms with Crippen LogP contribution in [0.4, 0.5) is 0 Å². The highest BCUT2D eigenvalue weighted by atomic mass is 16.5. The zero-order chi connectivity index (χ0) is 19.2. The molecule has 4 heteroatoms. The average Bonchev–Trinajstić information content (AvgIpc) is 2.74. The minimum absolute atomic E-state index is 0.125. The third-order valence-electron chi connectivity index (χ3n) is 4.48. The van der Waals surface area contributed by atoms with Crippen molar-refractivity contribution in [3.05, 3.63) is 83.9 Å². The number of benzene rings is 3.